The predicted molar refractivity (Wildman–Crippen MR) is 151 cm³/mol. The van der Waals surface area contributed by atoms with Gasteiger partial charge in [-0.25, -0.2) is 8.42 Å². The summed E-state index contributed by atoms with van der Waals surface area (Å²) in [6.45, 7) is 3.49. The van der Waals surface area contributed by atoms with Crippen molar-refractivity contribution in [3.8, 4) is 11.5 Å². The molecule has 0 bridgehead atoms. The molecule has 0 saturated carbocycles. The zero-order valence-corrected chi connectivity index (χ0v) is 23.5. The Bertz CT molecular complexity index is 1350. The number of sulfonamides is 1. The molecule has 0 spiro atoms. The number of hydrogen-bond acceptors (Lipinski definition) is 6. The molecule has 0 radical (unpaired) electrons. The number of methoxy groups -OCH3 is 2. The van der Waals surface area contributed by atoms with E-state index in [1.807, 2.05) is 30.3 Å². The van der Waals surface area contributed by atoms with Crippen molar-refractivity contribution in [3.05, 3.63) is 84.4 Å². The second-order valence-corrected chi connectivity index (χ2v) is 10.6. The number of amides is 2. The number of likely N-dealkylation sites (N-methyl/N-ethyl adjacent to an activating group) is 1. The Balaban J connectivity index is 2.05. The largest absolute Gasteiger partial charge is 0.497 e. The van der Waals surface area contributed by atoms with E-state index in [1.165, 1.54) is 37.3 Å². The van der Waals surface area contributed by atoms with Crippen LogP contribution in [-0.4, -0.2) is 65.0 Å². The summed E-state index contributed by atoms with van der Waals surface area (Å²) in [5.74, 6) is -0.219. The molecule has 1 atom stereocenters. The SMILES string of the molecule is CCNC(=O)[C@@H](C)N(CCc1ccccc1)C(=O)CN(c1cc(OC)ccc1OC)S(=O)(=O)c1ccccc1. The van der Waals surface area contributed by atoms with Gasteiger partial charge in [0, 0.05) is 19.2 Å². The lowest BCUT2D eigenvalue weighted by Gasteiger charge is -2.32. The minimum atomic E-state index is -4.21. The van der Waals surface area contributed by atoms with Crippen molar-refractivity contribution in [3.63, 3.8) is 0 Å². The molecule has 2 amide bonds. The molecule has 3 rings (SSSR count). The average Bonchev–Trinajstić information content (AvgIpc) is 2.96. The fourth-order valence-electron chi connectivity index (χ4n) is 4.12. The van der Waals surface area contributed by atoms with Crippen molar-refractivity contribution < 1.29 is 27.5 Å². The van der Waals surface area contributed by atoms with Crippen molar-refractivity contribution in [1.82, 2.24) is 10.2 Å². The number of ether oxygens (including phenoxy) is 2. The Morgan fingerprint density at radius 2 is 1.56 bits per heavy atom. The molecule has 0 aromatic heterocycles. The lowest BCUT2D eigenvalue weighted by Crippen LogP contribution is -2.52. The van der Waals surface area contributed by atoms with Crippen molar-refractivity contribution in [2.24, 2.45) is 0 Å². The lowest BCUT2D eigenvalue weighted by atomic mass is 10.1. The van der Waals surface area contributed by atoms with Gasteiger partial charge in [0.2, 0.25) is 11.8 Å². The number of carbonyl (C=O) groups excluding carboxylic acids is 2. The monoisotopic (exact) mass is 553 g/mol. The molecule has 39 heavy (non-hydrogen) atoms. The van der Waals surface area contributed by atoms with Crippen molar-refractivity contribution >= 4 is 27.5 Å². The van der Waals surface area contributed by atoms with E-state index in [9.17, 15) is 18.0 Å². The number of nitrogens with one attached hydrogen (secondary N) is 1. The van der Waals surface area contributed by atoms with Gasteiger partial charge in [0.05, 0.1) is 24.8 Å². The highest BCUT2D eigenvalue weighted by Gasteiger charge is 2.33. The standard InChI is InChI=1S/C29H35N3O6S/c1-5-30-29(34)22(2)31(19-18-23-12-8-6-9-13-23)28(33)21-32(39(35,36)25-14-10-7-11-15-25)26-20-24(37-3)16-17-27(26)38-4/h6-17,20,22H,5,18-19,21H2,1-4H3,(H,30,34)/t22-/m1/s1. The minimum absolute atomic E-state index is 0.00952. The molecule has 3 aromatic rings. The van der Waals surface area contributed by atoms with Gasteiger partial charge in [-0.1, -0.05) is 48.5 Å². The third kappa shape index (κ3) is 7.29. The van der Waals surface area contributed by atoms with Crippen LogP contribution in [0.2, 0.25) is 0 Å². The van der Waals surface area contributed by atoms with Crippen LogP contribution in [0.4, 0.5) is 5.69 Å². The summed E-state index contributed by atoms with van der Waals surface area (Å²) < 4.78 is 39.7. The fourth-order valence-corrected chi connectivity index (χ4v) is 5.55. The highest BCUT2D eigenvalue weighted by atomic mass is 32.2. The lowest BCUT2D eigenvalue weighted by molar-refractivity contribution is -0.138. The maximum atomic E-state index is 13.9. The van der Waals surface area contributed by atoms with Crippen LogP contribution < -0.4 is 19.1 Å². The van der Waals surface area contributed by atoms with E-state index in [-0.39, 0.29) is 28.8 Å². The summed E-state index contributed by atoms with van der Waals surface area (Å²) in [5, 5.41) is 2.75. The number of rotatable bonds is 13. The van der Waals surface area contributed by atoms with Gasteiger partial charge in [-0.3, -0.25) is 13.9 Å². The van der Waals surface area contributed by atoms with E-state index in [0.29, 0.717) is 18.7 Å². The molecule has 0 saturated heterocycles. The summed E-state index contributed by atoms with van der Waals surface area (Å²) in [5.41, 5.74) is 1.13. The van der Waals surface area contributed by atoms with Gasteiger partial charge in [0.25, 0.3) is 10.0 Å². The Labute approximate surface area is 230 Å². The molecule has 0 aliphatic rings. The number of anilines is 1. The molecular formula is C29H35N3O6S. The highest BCUT2D eigenvalue weighted by Crippen LogP contribution is 2.35. The summed E-state index contributed by atoms with van der Waals surface area (Å²) in [7, 11) is -1.33. The third-order valence-corrected chi connectivity index (χ3v) is 8.04. The van der Waals surface area contributed by atoms with Gasteiger partial charge in [-0.05, 0) is 50.1 Å². The topological polar surface area (TPSA) is 105 Å². The van der Waals surface area contributed by atoms with Crippen LogP contribution in [0.3, 0.4) is 0 Å². The first-order valence-corrected chi connectivity index (χ1v) is 14.1. The Hall–Kier alpha value is -4.05. The molecule has 0 fully saturated rings. The molecular weight excluding hydrogens is 518 g/mol. The van der Waals surface area contributed by atoms with Crippen LogP contribution in [0.1, 0.15) is 19.4 Å². The number of benzene rings is 3. The Kier molecular flexibility index (Phi) is 10.3. The molecule has 0 aliphatic heterocycles. The maximum Gasteiger partial charge on any atom is 0.264 e. The molecule has 208 valence electrons. The number of nitrogens with zero attached hydrogens (tertiary/aromatic N) is 2. The highest BCUT2D eigenvalue weighted by molar-refractivity contribution is 7.92. The number of hydrogen-bond donors (Lipinski definition) is 1. The molecule has 3 aromatic carbocycles. The summed E-state index contributed by atoms with van der Waals surface area (Å²) >= 11 is 0. The summed E-state index contributed by atoms with van der Waals surface area (Å²) in [4.78, 5) is 28.1. The van der Waals surface area contributed by atoms with E-state index >= 15 is 0 Å². The fraction of sp³-hybridized carbons (Fsp3) is 0.310. The Morgan fingerprint density at radius 3 is 2.15 bits per heavy atom. The zero-order valence-electron chi connectivity index (χ0n) is 22.7. The maximum absolute atomic E-state index is 13.9. The van der Waals surface area contributed by atoms with Crippen molar-refractivity contribution in [1.29, 1.82) is 0 Å². The molecule has 0 heterocycles. The van der Waals surface area contributed by atoms with Crippen molar-refractivity contribution in [2.45, 2.75) is 31.2 Å². The van der Waals surface area contributed by atoms with Crippen LogP contribution in [0, 0.1) is 0 Å². The molecule has 9 nitrogen and oxygen atoms in total. The van der Waals surface area contributed by atoms with Crippen LogP contribution >= 0.6 is 0 Å². The van der Waals surface area contributed by atoms with Gasteiger partial charge in [-0.2, -0.15) is 0 Å². The number of carbonyl (C=O) groups is 2. The van der Waals surface area contributed by atoms with E-state index in [0.717, 1.165) is 9.87 Å². The van der Waals surface area contributed by atoms with Crippen LogP contribution in [0.15, 0.2) is 83.8 Å². The minimum Gasteiger partial charge on any atom is -0.497 e. The molecule has 10 heteroatoms. The van der Waals surface area contributed by atoms with Gasteiger partial charge >= 0.3 is 0 Å². The van der Waals surface area contributed by atoms with E-state index in [2.05, 4.69) is 5.32 Å². The van der Waals surface area contributed by atoms with Crippen molar-refractivity contribution in [2.75, 3.05) is 38.2 Å². The van der Waals surface area contributed by atoms with Crippen LogP contribution in [-0.2, 0) is 26.0 Å². The second-order valence-electron chi connectivity index (χ2n) is 8.76. The van der Waals surface area contributed by atoms with E-state index in [1.54, 1.807) is 44.2 Å². The Morgan fingerprint density at radius 1 is 0.923 bits per heavy atom. The van der Waals surface area contributed by atoms with Gasteiger partial charge in [0.15, 0.2) is 0 Å². The summed E-state index contributed by atoms with van der Waals surface area (Å²) in [6, 6.07) is 21.3. The van der Waals surface area contributed by atoms with Gasteiger partial charge in [-0.15, -0.1) is 0 Å². The average molecular weight is 554 g/mol. The van der Waals surface area contributed by atoms with Gasteiger partial charge < -0.3 is 19.7 Å². The van der Waals surface area contributed by atoms with E-state index in [4.69, 9.17) is 9.47 Å². The first kappa shape index (κ1) is 29.5. The second kappa shape index (κ2) is 13.7. The smallest absolute Gasteiger partial charge is 0.264 e. The normalized spacial score (nSPS) is 11.8. The molecule has 0 unspecified atom stereocenters. The van der Waals surface area contributed by atoms with E-state index < -0.39 is 28.5 Å². The summed E-state index contributed by atoms with van der Waals surface area (Å²) in [6.07, 6.45) is 0.490. The van der Waals surface area contributed by atoms with Gasteiger partial charge in [0.1, 0.15) is 24.1 Å². The third-order valence-electron chi connectivity index (χ3n) is 6.27. The first-order valence-electron chi connectivity index (χ1n) is 12.6. The molecule has 1 N–H and O–H groups in total. The molecule has 0 aliphatic carbocycles. The van der Waals surface area contributed by atoms with Crippen LogP contribution in [0.5, 0.6) is 11.5 Å². The van der Waals surface area contributed by atoms with Crippen LogP contribution in [0.25, 0.3) is 0 Å². The predicted octanol–water partition coefficient (Wildman–Crippen LogP) is 3.50. The first-order chi connectivity index (χ1) is 18.7. The quantitative estimate of drug-likeness (QED) is 0.347. The zero-order chi connectivity index (χ0) is 28.4.